The van der Waals surface area contributed by atoms with Gasteiger partial charge in [-0.2, -0.15) is 0 Å². The van der Waals surface area contributed by atoms with Crippen LogP contribution in [0.5, 0.6) is 0 Å². The molecule has 4 aromatic heterocycles. The molecule has 0 amide bonds. The maximum absolute atomic E-state index is 6.09. The molecule has 206 valence electrons. The summed E-state index contributed by atoms with van der Waals surface area (Å²) < 4.78 is 8.35. The highest BCUT2D eigenvalue weighted by atomic mass is 16.3. The van der Waals surface area contributed by atoms with Crippen LogP contribution in [0.25, 0.3) is 83.1 Å². The number of hydrogen-bond donors (Lipinski definition) is 0. The molecule has 0 spiro atoms. The molecule has 0 radical (unpaired) electrons. The molecule has 4 nitrogen and oxygen atoms in total. The van der Waals surface area contributed by atoms with Crippen LogP contribution in [0.3, 0.4) is 0 Å². The van der Waals surface area contributed by atoms with Gasteiger partial charge in [-0.05, 0) is 70.8 Å². The minimum absolute atomic E-state index is 0.871. The third kappa shape index (κ3) is 3.92. The quantitative estimate of drug-likeness (QED) is 0.214. The fourth-order valence-electron chi connectivity index (χ4n) is 6.38. The number of nitrogens with zero attached hydrogens (tertiary/aromatic N) is 3. The van der Waals surface area contributed by atoms with E-state index >= 15 is 0 Å². The summed E-state index contributed by atoms with van der Waals surface area (Å²) >= 11 is 0. The second-order valence-electron chi connectivity index (χ2n) is 11.1. The van der Waals surface area contributed by atoms with Gasteiger partial charge in [0.05, 0.1) is 16.7 Å². The van der Waals surface area contributed by atoms with Crippen molar-refractivity contribution < 1.29 is 4.42 Å². The van der Waals surface area contributed by atoms with Crippen molar-refractivity contribution in [3.63, 3.8) is 0 Å². The van der Waals surface area contributed by atoms with Crippen molar-refractivity contribution in [3.05, 3.63) is 152 Å². The summed E-state index contributed by atoms with van der Waals surface area (Å²) in [4.78, 5) is 9.77. The molecule has 44 heavy (non-hydrogen) atoms. The van der Waals surface area contributed by atoms with Gasteiger partial charge in [0.1, 0.15) is 17.0 Å². The molecule has 9 rings (SSSR count). The van der Waals surface area contributed by atoms with Gasteiger partial charge in [-0.25, -0.2) is 4.98 Å². The Hall–Kier alpha value is -6.00. The highest BCUT2D eigenvalue weighted by molar-refractivity contribution is 6.11. The lowest BCUT2D eigenvalue weighted by Crippen LogP contribution is -2.00. The number of benzene rings is 5. The number of rotatable bonds is 4. The smallest absolute Gasteiger partial charge is 0.138 e. The highest BCUT2D eigenvalue weighted by Gasteiger charge is 2.17. The minimum atomic E-state index is 0.871. The van der Waals surface area contributed by atoms with E-state index in [9.17, 15) is 0 Å². The van der Waals surface area contributed by atoms with Gasteiger partial charge >= 0.3 is 0 Å². The molecule has 0 fully saturated rings. The number of furan rings is 1. The molecular formula is C40H25N3O. The molecule has 4 heterocycles. The predicted molar refractivity (Wildman–Crippen MR) is 180 cm³/mol. The Bertz CT molecular complexity index is 2430. The number of fused-ring (bicyclic) bond motifs is 6. The zero-order valence-corrected chi connectivity index (χ0v) is 23.7. The summed E-state index contributed by atoms with van der Waals surface area (Å²) in [5.41, 5.74) is 10.5. The Kier molecular flexibility index (Phi) is 5.47. The van der Waals surface area contributed by atoms with Crippen LogP contribution in [0.4, 0.5) is 0 Å². The van der Waals surface area contributed by atoms with Gasteiger partial charge in [-0.3, -0.25) is 9.55 Å². The maximum atomic E-state index is 6.09. The van der Waals surface area contributed by atoms with Gasteiger partial charge in [0.2, 0.25) is 0 Å². The van der Waals surface area contributed by atoms with Crippen molar-refractivity contribution in [2.75, 3.05) is 0 Å². The van der Waals surface area contributed by atoms with Crippen LogP contribution >= 0.6 is 0 Å². The first kappa shape index (κ1) is 24.6. The largest absolute Gasteiger partial charge is 0.456 e. The van der Waals surface area contributed by atoms with E-state index in [2.05, 4.69) is 125 Å². The van der Waals surface area contributed by atoms with Gasteiger partial charge in [0.25, 0.3) is 0 Å². The third-order valence-corrected chi connectivity index (χ3v) is 8.49. The lowest BCUT2D eigenvalue weighted by atomic mass is 10.0. The minimum Gasteiger partial charge on any atom is -0.456 e. The highest BCUT2D eigenvalue weighted by Crippen LogP contribution is 2.38. The zero-order chi connectivity index (χ0) is 29.0. The lowest BCUT2D eigenvalue weighted by Gasteiger charge is -2.13. The van der Waals surface area contributed by atoms with E-state index in [0.29, 0.717) is 0 Å². The molecule has 0 N–H and O–H groups in total. The third-order valence-electron chi connectivity index (χ3n) is 8.49. The van der Waals surface area contributed by atoms with Crippen LogP contribution in [0.2, 0.25) is 0 Å². The second-order valence-corrected chi connectivity index (χ2v) is 11.1. The molecule has 5 aromatic carbocycles. The van der Waals surface area contributed by atoms with Crippen molar-refractivity contribution >= 4 is 43.7 Å². The normalized spacial score (nSPS) is 11.6. The Balaban J connectivity index is 1.27. The molecule has 0 aliphatic rings. The summed E-state index contributed by atoms with van der Waals surface area (Å²) in [6.07, 6.45) is 3.82. The predicted octanol–water partition coefficient (Wildman–Crippen LogP) is 10.5. The molecule has 0 atom stereocenters. The second kappa shape index (κ2) is 9.79. The van der Waals surface area contributed by atoms with E-state index in [1.54, 1.807) is 0 Å². The fraction of sp³-hybridized carbons (Fsp3) is 0. The molecular weight excluding hydrogens is 538 g/mol. The first-order chi connectivity index (χ1) is 21.8. The Morgan fingerprint density at radius 2 is 1.14 bits per heavy atom. The number of aromatic nitrogens is 3. The molecule has 0 saturated carbocycles. The summed E-state index contributed by atoms with van der Waals surface area (Å²) in [7, 11) is 0. The first-order valence-corrected chi connectivity index (χ1v) is 14.7. The van der Waals surface area contributed by atoms with Crippen molar-refractivity contribution in [2.45, 2.75) is 0 Å². The lowest BCUT2D eigenvalue weighted by molar-refractivity contribution is 0.669. The van der Waals surface area contributed by atoms with Crippen LogP contribution in [0.15, 0.2) is 156 Å². The molecule has 0 aliphatic carbocycles. The molecule has 0 bridgehead atoms. The molecule has 0 aliphatic heterocycles. The van der Waals surface area contributed by atoms with Crippen LogP contribution in [0.1, 0.15) is 0 Å². The average Bonchev–Trinajstić information content (AvgIpc) is 3.64. The van der Waals surface area contributed by atoms with E-state index in [-0.39, 0.29) is 0 Å². The van der Waals surface area contributed by atoms with E-state index in [1.807, 2.05) is 36.7 Å². The molecule has 0 unspecified atom stereocenters. The Morgan fingerprint density at radius 1 is 0.455 bits per heavy atom. The van der Waals surface area contributed by atoms with Crippen LogP contribution in [-0.4, -0.2) is 14.5 Å². The first-order valence-electron chi connectivity index (χ1n) is 14.7. The Labute approximate surface area is 253 Å². The van der Waals surface area contributed by atoms with Gasteiger partial charge in [0, 0.05) is 39.5 Å². The van der Waals surface area contributed by atoms with E-state index in [4.69, 9.17) is 9.40 Å². The standard InChI is InChI=1S/C40H25N3O/c1-3-9-26(10-4-1)30-23-35(27-11-5-2-6-12-27)42-40(24-30)43-36-17-15-28(21-32(36)34-25-41-20-19-37(34)43)29-16-18-39-33(22-29)31-13-7-8-14-38(31)44-39/h1-25H. The summed E-state index contributed by atoms with van der Waals surface area (Å²) in [6, 6.07) is 48.7. The van der Waals surface area contributed by atoms with Crippen molar-refractivity contribution in [2.24, 2.45) is 0 Å². The molecule has 0 saturated heterocycles. The maximum Gasteiger partial charge on any atom is 0.138 e. The number of para-hydroxylation sites is 1. The van der Waals surface area contributed by atoms with Gasteiger partial charge in [0.15, 0.2) is 0 Å². The van der Waals surface area contributed by atoms with E-state index < -0.39 is 0 Å². The SMILES string of the molecule is c1ccc(-c2cc(-c3ccccc3)nc(-n3c4ccncc4c4cc(-c5ccc6oc7ccccc7c6c5)ccc43)c2)cc1. The van der Waals surface area contributed by atoms with Gasteiger partial charge in [-0.1, -0.05) is 91.0 Å². The monoisotopic (exact) mass is 563 g/mol. The fourth-order valence-corrected chi connectivity index (χ4v) is 6.38. The summed E-state index contributed by atoms with van der Waals surface area (Å²) in [5, 5.41) is 4.48. The van der Waals surface area contributed by atoms with E-state index in [0.717, 1.165) is 83.1 Å². The van der Waals surface area contributed by atoms with Gasteiger partial charge in [-0.15, -0.1) is 0 Å². The van der Waals surface area contributed by atoms with Crippen molar-refractivity contribution in [3.8, 4) is 39.3 Å². The average molecular weight is 564 g/mol. The van der Waals surface area contributed by atoms with Gasteiger partial charge < -0.3 is 4.42 Å². The van der Waals surface area contributed by atoms with Crippen LogP contribution < -0.4 is 0 Å². The zero-order valence-electron chi connectivity index (χ0n) is 23.7. The topological polar surface area (TPSA) is 43.9 Å². The van der Waals surface area contributed by atoms with Crippen LogP contribution in [0, 0.1) is 0 Å². The van der Waals surface area contributed by atoms with Crippen molar-refractivity contribution in [1.29, 1.82) is 0 Å². The van der Waals surface area contributed by atoms with Crippen molar-refractivity contribution in [1.82, 2.24) is 14.5 Å². The number of pyridine rings is 2. The van der Waals surface area contributed by atoms with Crippen LogP contribution in [-0.2, 0) is 0 Å². The summed E-state index contributed by atoms with van der Waals surface area (Å²) in [6.45, 7) is 0. The Morgan fingerprint density at radius 3 is 1.98 bits per heavy atom. The number of hydrogen-bond acceptors (Lipinski definition) is 3. The molecule has 4 heteroatoms. The van der Waals surface area contributed by atoms with E-state index in [1.165, 1.54) is 0 Å². The molecule has 9 aromatic rings. The summed E-state index contributed by atoms with van der Waals surface area (Å²) in [5.74, 6) is 0.871.